The van der Waals surface area contributed by atoms with Crippen LogP contribution in [0.5, 0.6) is 0 Å². The van der Waals surface area contributed by atoms with Crippen molar-refractivity contribution in [3.8, 4) is 0 Å². The molecule has 1 fully saturated rings. The van der Waals surface area contributed by atoms with Crippen LogP contribution in [0.3, 0.4) is 0 Å². The zero-order valence-corrected chi connectivity index (χ0v) is 15.1. The average Bonchev–Trinajstić information content (AvgIpc) is 2.75. The van der Waals surface area contributed by atoms with Crippen LogP contribution >= 0.6 is 39.9 Å². The molecule has 1 heterocycles. The second-order valence-corrected chi connectivity index (χ2v) is 7.13. The Morgan fingerprint density at radius 3 is 2.73 bits per heavy atom. The molecule has 1 amide bonds. The fourth-order valence-corrected chi connectivity index (χ4v) is 3.26. The molecule has 0 N–H and O–H groups in total. The van der Waals surface area contributed by atoms with Gasteiger partial charge in [0.05, 0.1) is 11.5 Å². The summed E-state index contributed by atoms with van der Waals surface area (Å²) in [5.74, 6) is -0.700. The molecule has 0 saturated carbocycles. The number of halogens is 1. The number of benzene rings is 1. The summed E-state index contributed by atoms with van der Waals surface area (Å²) < 4.78 is 6.34. The van der Waals surface area contributed by atoms with Crippen molar-refractivity contribution in [3.05, 3.63) is 39.2 Å². The Balaban J connectivity index is 2.08. The third-order valence-corrected chi connectivity index (χ3v) is 4.70. The van der Waals surface area contributed by atoms with Crippen LogP contribution in [-0.2, 0) is 14.3 Å². The first-order chi connectivity index (χ1) is 10.5. The van der Waals surface area contributed by atoms with Crippen molar-refractivity contribution >= 4 is 62.2 Å². The van der Waals surface area contributed by atoms with Crippen LogP contribution in [0.15, 0.2) is 33.6 Å². The van der Waals surface area contributed by atoms with Crippen LogP contribution in [0.4, 0.5) is 0 Å². The smallest absolute Gasteiger partial charge is 0.326 e. The molecule has 4 nitrogen and oxygen atoms in total. The summed E-state index contributed by atoms with van der Waals surface area (Å²) in [5.41, 5.74) is 0.900. The quantitative estimate of drug-likeness (QED) is 0.429. The lowest BCUT2D eigenvalue weighted by molar-refractivity contribution is -0.146. The predicted octanol–water partition coefficient (Wildman–Crippen LogP) is 3.60. The fourth-order valence-electron chi connectivity index (χ4n) is 1.74. The van der Waals surface area contributed by atoms with Gasteiger partial charge < -0.3 is 4.74 Å². The van der Waals surface area contributed by atoms with E-state index in [1.54, 1.807) is 6.08 Å². The summed E-state index contributed by atoms with van der Waals surface area (Å²) in [6.45, 7) is 2.12. The maximum Gasteiger partial charge on any atom is 0.326 e. The molecule has 1 aliphatic heterocycles. The van der Waals surface area contributed by atoms with Crippen LogP contribution in [0, 0.1) is 0 Å². The van der Waals surface area contributed by atoms with Crippen LogP contribution in [0.1, 0.15) is 18.9 Å². The molecule has 1 aromatic carbocycles. The van der Waals surface area contributed by atoms with E-state index in [1.807, 2.05) is 31.2 Å². The number of carbonyl (C=O) groups is 2. The minimum Gasteiger partial charge on any atom is -0.464 e. The van der Waals surface area contributed by atoms with Crippen LogP contribution < -0.4 is 0 Å². The number of thioether (sulfide) groups is 1. The zero-order chi connectivity index (χ0) is 16.1. The van der Waals surface area contributed by atoms with Crippen molar-refractivity contribution in [3.63, 3.8) is 0 Å². The van der Waals surface area contributed by atoms with E-state index in [-0.39, 0.29) is 12.5 Å². The summed E-state index contributed by atoms with van der Waals surface area (Å²) in [4.78, 5) is 25.8. The summed E-state index contributed by atoms with van der Waals surface area (Å²) in [7, 11) is 0. The van der Waals surface area contributed by atoms with Crippen molar-refractivity contribution < 1.29 is 14.3 Å². The standard InChI is InChI=1S/C15H14BrNO3S2/c1-2-7-20-13(18)9-17-14(19)12(22-15(17)21)8-10-3-5-11(16)6-4-10/h3-6,8H,2,7,9H2,1H3/b12-8-. The van der Waals surface area contributed by atoms with Gasteiger partial charge in [0.2, 0.25) is 0 Å². The lowest BCUT2D eigenvalue weighted by Gasteiger charge is -2.13. The number of amides is 1. The van der Waals surface area contributed by atoms with E-state index >= 15 is 0 Å². The Morgan fingerprint density at radius 2 is 2.09 bits per heavy atom. The number of ether oxygens (including phenoxy) is 1. The van der Waals surface area contributed by atoms with Crippen LogP contribution in [0.2, 0.25) is 0 Å². The van der Waals surface area contributed by atoms with Gasteiger partial charge in [0.25, 0.3) is 5.91 Å². The van der Waals surface area contributed by atoms with Gasteiger partial charge in [-0.1, -0.05) is 59.0 Å². The van der Waals surface area contributed by atoms with Crippen molar-refractivity contribution in [1.29, 1.82) is 0 Å². The minimum absolute atomic E-state index is 0.137. The Kier molecular flexibility index (Phi) is 6.16. The van der Waals surface area contributed by atoms with Gasteiger partial charge >= 0.3 is 5.97 Å². The Bertz CT molecular complexity index is 628. The van der Waals surface area contributed by atoms with E-state index in [9.17, 15) is 9.59 Å². The van der Waals surface area contributed by atoms with E-state index in [1.165, 1.54) is 16.7 Å². The second-order valence-electron chi connectivity index (χ2n) is 4.54. The van der Waals surface area contributed by atoms with Gasteiger partial charge in [-0.2, -0.15) is 0 Å². The molecule has 0 aliphatic carbocycles. The molecule has 1 saturated heterocycles. The molecule has 1 aliphatic rings. The minimum atomic E-state index is -0.442. The molecular weight excluding hydrogens is 386 g/mol. The Labute approximate surface area is 147 Å². The molecule has 116 valence electrons. The SMILES string of the molecule is CCCOC(=O)CN1C(=O)/C(=C/c2ccc(Br)cc2)SC1=S. The van der Waals surface area contributed by atoms with Crippen molar-refractivity contribution in [1.82, 2.24) is 4.90 Å². The molecule has 0 bridgehead atoms. The van der Waals surface area contributed by atoms with E-state index in [0.29, 0.717) is 15.8 Å². The number of hydrogen-bond donors (Lipinski definition) is 0. The first-order valence-corrected chi connectivity index (χ1v) is 8.69. The highest BCUT2D eigenvalue weighted by Crippen LogP contribution is 2.32. The lowest BCUT2D eigenvalue weighted by atomic mass is 10.2. The molecule has 2 rings (SSSR count). The molecule has 0 spiro atoms. The van der Waals surface area contributed by atoms with Crippen molar-refractivity contribution in [2.45, 2.75) is 13.3 Å². The summed E-state index contributed by atoms with van der Waals surface area (Å²) in [5, 5.41) is 0. The van der Waals surface area contributed by atoms with Gasteiger partial charge in [-0.15, -0.1) is 0 Å². The second kappa shape index (κ2) is 7.89. The molecule has 1 aromatic rings. The molecule has 0 aromatic heterocycles. The van der Waals surface area contributed by atoms with Gasteiger partial charge in [0, 0.05) is 4.47 Å². The first kappa shape index (κ1) is 17.2. The monoisotopic (exact) mass is 399 g/mol. The molecule has 22 heavy (non-hydrogen) atoms. The average molecular weight is 400 g/mol. The van der Waals surface area contributed by atoms with Gasteiger partial charge in [0.1, 0.15) is 10.9 Å². The van der Waals surface area contributed by atoms with Crippen LogP contribution in [-0.4, -0.2) is 34.2 Å². The number of rotatable bonds is 5. The molecular formula is C15H14BrNO3S2. The third-order valence-electron chi connectivity index (χ3n) is 2.80. The summed E-state index contributed by atoms with van der Waals surface area (Å²) in [6, 6.07) is 7.58. The van der Waals surface area contributed by atoms with Crippen molar-refractivity contribution in [2.75, 3.05) is 13.2 Å². The van der Waals surface area contributed by atoms with Crippen LogP contribution in [0.25, 0.3) is 6.08 Å². The number of thiocarbonyl (C=S) groups is 1. The molecule has 0 radical (unpaired) electrons. The topological polar surface area (TPSA) is 46.6 Å². The molecule has 0 atom stereocenters. The highest BCUT2D eigenvalue weighted by molar-refractivity contribution is 9.10. The summed E-state index contributed by atoms with van der Waals surface area (Å²) in [6.07, 6.45) is 2.51. The third kappa shape index (κ3) is 4.41. The van der Waals surface area contributed by atoms with Gasteiger partial charge in [-0.25, -0.2) is 0 Å². The van der Waals surface area contributed by atoms with E-state index in [2.05, 4.69) is 15.9 Å². The first-order valence-electron chi connectivity index (χ1n) is 6.68. The Morgan fingerprint density at radius 1 is 1.41 bits per heavy atom. The number of esters is 1. The van der Waals surface area contributed by atoms with Gasteiger partial charge in [0.15, 0.2) is 0 Å². The number of hydrogen-bond acceptors (Lipinski definition) is 5. The maximum atomic E-state index is 12.3. The maximum absolute atomic E-state index is 12.3. The van der Waals surface area contributed by atoms with E-state index in [4.69, 9.17) is 17.0 Å². The highest BCUT2D eigenvalue weighted by atomic mass is 79.9. The highest BCUT2D eigenvalue weighted by Gasteiger charge is 2.33. The summed E-state index contributed by atoms with van der Waals surface area (Å²) >= 11 is 9.73. The van der Waals surface area contributed by atoms with Gasteiger partial charge in [-0.05, 0) is 30.2 Å². The largest absolute Gasteiger partial charge is 0.464 e. The fraction of sp³-hybridized carbons (Fsp3) is 0.267. The number of carbonyl (C=O) groups excluding carboxylic acids is 2. The molecule has 7 heteroatoms. The zero-order valence-electron chi connectivity index (χ0n) is 11.9. The van der Waals surface area contributed by atoms with E-state index < -0.39 is 5.97 Å². The Hall–Kier alpha value is -1.18. The van der Waals surface area contributed by atoms with Gasteiger partial charge in [-0.3, -0.25) is 14.5 Å². The predicted molar refractivity (Wildman–Crippen MR) is 95.3 cm³/mol. The van der Waals surface area contributed by atoms with E-state index in [0.717, 1.165) is 16.5 Å². The lowest BCUT2D eigenvalue weighted by Crippen LogP contribution is -2.34. The number of nitrogens with zero attached hydrogens (tertiary/aromatic N) is 1. The molecule has 0 unspecified atom stereocenters. The van der Waals surface area contributed by atoms with Crippen molar-refractivity contribution in [2.24, 2.45) is 0 Å². The normalized spacial score (nSPS) is 16.5.